The van der Waals surface area contributed by atoms with Crippen molar-refractivity contribution in [1.29, 1.82) is 0 Å². The summed E-state index contributed by atoms with van der Waals surface area (Å²) in [5.74, 6) is 0.965. The minimum absolute atomic E-state index is 0.0521. The lowest BCUT2D eigenvalue weighted by Crippen LogP contribution is -2.38. The first kappa shape index (κ1) is 14.6. The van der Waals surface area contributed by atoms with Crippen molar-refractivity contribution in [2.24, 2.45) is 5.41 Å². The van der Waals surface area contributed by atoms with Gasteiger partial charge in [0.15, 0.2) is 0 Å². The number of fused-ring (bicyclic) bond motifs is 1. The molecule has 1 atom stereocenters. The monoisotopic (exact) mass is 304 g/mol. The molecule has 1 aliphatic rings. The van der Waals surface area contributed by atoms with Crippen LogP contribution in [0.3, 0.4) is 0 Å². The largest absolute Gasteiger partial charge is 0.291 e. The highest BCUT2D eigenvalue weighted by atomic mass is 35.5. The maximum Gasteiger partial charge on any atom is 0.261 e. The molecule has 1 heterocycles. The molecule has 112 valence electrons. The van der Waals surface area contributed by atoms with Crippen LogP contribution in [0.5, 0.6) is 0 Å². The normalized spacial score (nSPS) is 21.6. The number of para-hydroxylation sites is 1. The number of halogens is 1. The molecule has 21 heavy (non-hydrogen) atoms. The van der Waals surface area contributed by atoms with E-state index in [0.29, 0.717) is 11.2 Å². The second-order valence-electron chi connectivity index (χ2n) is 6.60. The van der Waals surface area contributed by atoms with Crippen LogP contribution >= 0.6 is 11.6 Å². The Hall–Kier alpha value is -1.35. The highest BCUT2D eigenvalue weighted by molar-refractivity contribution is 6.16. The Balaban J connectivity index is 2.26. The van der Waals surface area contributed by atoms with E-state index in [-0.39, 0.29) is 22.9 Å². The van der Waals surface area contributed by atoms with Gasteiger partial charge in [0, 0.05) is 6.04 Å². The summed E-state index contributed by atoms with van der Waals surface area (Å²) in [5.41, 5.74) is 0.895. The molecule has 0 N–H and O–H groups in total. The number of rotatable bonds is 2. The summed E-state index contributed by atoms with van der Waals surface area (Å²) in [6.07, 6.45) is 4.56. The summed E-state index contributed by atoms with van der Waals surface area (Å²) in [7, 11) is 0. The van der Waals surface area contributed by atoms with Crippen molar-refractivity contribution < 1.29 is 0 Å². The first-order chi connectivity index (χ1) is 10.0. The predicted octanol–water partition coefficient (Wildman–Crippen LogP) is 4.28. The Morgan fingerprint density at radius 2 is 2.10 bits per heavy atom. The summed E-state index contributed by atoms with van der Waals surface area (Å²) in [6.45, 7) is 4.49. The lowest BCUT2D eigenvalue weighted by atomic mass is 9.73. The van der Waals surface area contributed by atoms with Crippen LogP contribution in [0.25, 0.3) is 10.9 Å². The lowest BCUT2D eigenvalue weighted by molar-refractivity contribution is 0.138. The van der Waals surface area contributed by atoms with Gasteiger partial charge in [0.25, 0.3) is 5.56 Å². The average Bonchev–Trinajstić information content (AvgIpc) is 2.47. The van der Waals surface area contributed by atoms with E-state index in [1.54, 1.807) is 0 Å². The van der Waals surface area contributed by atoms with Crippen molar-refractivity contribution in [3.8, 4) is 0 Å². The van der Waals surface area contributed by atoms with Gasteiger partial charge in [-0.2, -0.15) is 0 Å². The molecule has 3 nitrogen and oxygen atoms in total. The quantitative estimate of drug-likeness (QED) is 0.776. The number of hydrogen-bond acceptors (Lipinski definition) is 2. The van der Waals surface area contributed by atoms with E-state index >= 15 is 0 Å². The van der Waals surface area contributed by atoms with E-state index in [2.05, 4.69) is 18.8 Å². The van der Waals surface area contributed by atoms with Crippen LogP contribution < -0.4 is 5.56 Å². The molecule has 0 amide bonds. The topological polar surface area (TPSA) is 34.9 Å². The molecule has 1 saturated carbocycles. The van der Waals surface area contributed by atoms with Gasteiger partial charge in [0.1, 0.15) is 5.82 Å². The Morgan fingerprint density at radius 3 is 2.81 bits per heavy atom. The van der Waals surface area contributed by atoms with Gasteiger partial charge in [0.05, 0.1) is 16.8 Å². The number of alkyl halides is 1. The SMILES string of the molecule is CC1(C)CCCCC1n1c(CCl)nc2ccccc2c1=O. The van der Waals surface area contributed by atoms with Crippen molar-refractivity contribution in [2.45, 2.75) is 51.5 Å². The van der Waals surface area contributed by atoms with Crippen molar-refractivity contribution in [3.63, 3.8) is 0 Å². The molecule has 2 aromatic rings. The zero-order valence-electron chi connectivity index (χ0n) is 12.6. The predicted molar refractivity (Wildman–Crippen MR) is 86.8 cm³/mol. The Morgan fingerprint density at radius 1 is 1.33 bits per heavy atom. The molecule has 0 spiro atoms. The average molecular weight is 305 g/mol. The van der Waals surface area contributed by atoms with Gasteiger partial charge in [-0.15, -0.1) is 11.6 Å². The van der Waals surface area contributed by atoms with Gasteiger partial charge in [-0.05, 0) is 30.4 Å². The molecular weight excluding hydrogens is 284 g/mol. The van der Waals surface area contributed by atoms with Crippen LogP contribution in [0, 0.1) is 5.41 Å². The molecule has 0 saturated heterocycles. The summed E-state index contributed by atoms with van der Waals surface area (Å²) in [5, 5.41) is 0.688. The molecule has 0 radical (unpaired) electrons. The van der Waals surface area contributed by atoms with Crippen LogP contribution in [-0.4, -0.2) is 9.55 Å². The van der Waals surface area contributed by atoms with E-state index in [1.165, 1.54) is 6.42 Å². The number of aromatic nitrogens is 2. The molecular formula is C17H21ClN2O. The van der Waals surface area contributed by atoms with Gasteiger partial charge in [-0.3, -0.25) is 9.36 Å². The van der Waals surface area contributed by atoms with Crippen LogP contribution in [0.1, 0.15) is 51.4 Å². The second-order valence-corrected chi connectivity index (χ2v) is 6.87. The van der Waals surface area contributed by atoms with Crippen molar-refractivity contribution in [1.82, 2.24) is 9.55 Å². The van der Waals surface area contributed by atoms with Crippen LogP contribution in [0.2, 0.25) is 0 Å². The van der Waals surface area contributed by atoms with E-state index < -0.39 is 0 Å². The first-order valence-corrected chi connectivity index (χ1v) is 8.14. The minimum atomic E-state index is 0.0521. The lowest BCUT2D eigenvalue weighted by Gasteiger charge is -2.40. The molecule has 1 unspecified atom stereocenters. The maximum absolute atomic E-state index is 13.0. The molecule has 1 aromatic carbocycles. The smallest absolute Gasteiger partial charge is 0.261 e. The molecule has 0 aliphatic heterocycles. The van der Waals surface area contributed by atoms with Gasteiger partial charge in [-0.1, -0.05) is 38.8 Å². The fraction of sp³-hybridized carbons (Fsp3) is 0.529. The Kier molecular flexibility index (Phi) is 3.78. The van der Waals surface area contributed by atoms with Gasteiger partial charge >= 0.3 is 0 Å². The minimum Gasteiger partial charge on any atom is -0.291 e. The fourth-order valence-corrected chi connectivity index (χ4v) is 3.75. The molecule has 4 heteroatoms. The summed E-state index contributed by atoms with van der Waals surface area (Å²) in [6, 6.07) is 7.71. The molecule has 1 aliphatic carbocycles. The van der Waals surface area contributed by atoms with Crippen molar-refractivity contribution in [3.05, 3.63) is 40.4 Å². The highest BCUT2D eigenvalue weighted by Gasteiger charge is 2.35. The fourth-order valence-electron chi connectivity index (χ4n) is 3.56. The summed E-state index contributed by atoms with van der Waals surface area (Å²) in [4.78, 5) is 17.6. The zero-order valence-corrected chi connectivity index (χ0v) is 13.4. The molecule has 1 aromatic heterocycles. The molecule has 0 bridgehead atoms. The van der Waals surface area contributed by atoms with Crippen LogP contribution in [0.15, 0.2) is 29.1 Å². The zero-order chi connectivity index (χ0) is 15.0. The van der Waals surface area contributed by atoms with Gasteiger partial charge in [0.2, 0.25) is 0 Å². The van der Waals surface area contributed by atoms with E-state index in [0.717, 1.165) is 24.8 Å². The van der Waals surface area contributed by atoms with E-state index in [4.69, 9.17) is 11.6 Å². The third-order valence-corrected chi connectivity index (χ3v) is 5.00. The third-order valence-electron chi connectivity index (χ3n) is 4.76. The molecule has 1 fully saturated rings. The van der Waals surface area contributed by atoms with E-state index in [9.17, 15) is 4.79 Å². The van der Waals surface area contributed by atoms with Crippen LogP contribution in [-0.2, 0) is 5.88 Å². The highest BCUT2D eigenvalue weighted by Crippen LogP contribution is 2.43. The Bertz CT molecular complexity index is 720. The van der Waals surface area contributed by atoms with Crippen molar-refractivity contribution >= 4 is 22.5 Å². The molecule has 3 rings (SSSR count). The summed E-state index contributed by atoms with van der Waals surface area (Å²) >= 11 is 6.09. The Labute approximate surface area is 130 Å². The first-order valence-electron chi connectivity index (χ1n) is 7.61. The van der Waals surface area contributed by atoms with Gasteiger partial charge < -0.3 is 0 Å². The standard InChI is InChI=1S/C17H21ClN2O/c1-17(2)10-6-5-9-14(17)20-15(11-18)19-13-8-4-3-7-12(13)16(20)21/h3-4,7-8,14H,5-6,9-11H2,1-2H3. The number of hydrogen-bond donors (Lipinski definition) is 0. The second kappa shape index (κ2) is 5.45. The number of nitrogens with zero attached hydrogens (tertiary/aromatic N) is 2. The van der Waals surface area contributed by atoms with Crippen molar-refractivity contribution in [2.75, 3.05) is 0 Å². The van der Waals surface area contributed by atoms with Gasteiger partial charge in [-0.25, -0.2) is 4.98 Å². The van der Waals surface area contributed by atoms with Crippen LogP contribution in [0.4, 0.5) is 0 Å². The summed E-state index contributed by atoms with van der Waals surface area (Å²) < 4.78 is 1.87. The maximum atomic E-state index is 13.0. The van der Waals surface area contributed by atoms with E-state index in [1.807, 2.05) is 28.8 Å². The third kappa shape index (κ3) is 2.48. The number of benzene rings is 1.